The molecule has 0 bridgehead atoms. The number of nitro benzene ring substituents is 1. The number of rotatable bonds is 2. The van der Waals surface area contributed by atoms with E-state index in [2.05, 4.69) is 10.0 Å². The standard InChI is InChI=1S/C6H5N4O2/c7-9-8-5-1-3-6(4-2-5)10(11)12/h1-4,7H/q+1. The van der Waals surface area contributed by atoms with Gasteiger partial charge in [0, 0.05) is 12.1 Å². The first kappa shape index (κ1) is 8.03. The quantitative estimate of drug-likeness (QED) is 0.313. The number of non-ortho nitro benzene ring substituents is 1. The molecule has 0 saturated carbocycles. The second-order valence-electron chi connectivity index (χ2n) is 1.97. The lowest BCUT2D eigenvalue weighted by Gasteiger charge is -1.87. The molecule has 0 amide bonds. The number of nitro groups is 1. The van der Waals surface area contributed by atoms with Crippen LogP contribution in [-0.2, 0) is 0 Å². The first-order valence-electron chi connectivity index (χ1n) is 3.06. The molecule has 0 fully saturated rings. The van der Waals surface area contributed by atoms with Crippen LogP contribution in [0.25, 0.3) is 0 Å². The summed E-state index contributed by atoms with van der Waals surface area (Å²) in [5.74, 6) is 0. The molecular formula is C6H5N4O2+. The van der Waals surface area contributed by atoms with Crippen LogP contribution in [0.3, 0.4) is 0 Å². The van der Waals surface area contributed by atoms with Crippen LogP contribution in [0.5, 0.6) is 0 Å². The van der Waals surface area contributed by atoms with Crippen molar-refractivity contribution < 1.29 is 4.92 Å². The van der Waals surface area contributed by atoms with Crippen LogP contribution in [0.4, 0.5) is 11.4 Å². The predicted octanol–water partition coefficient (Wildman–Crippen LogP) is 1.78. The summed E-state index contributed by atoms with van der Waals surface area (Å²) in [6.45, 7) is 0. The van der Waals surface area contributed by atoms with Gasteiger partial charge in [-0.2, -0.15) is 0 Å². The van der Waals surface area contributed by atoms with E-state index >= 15 is 0 Å². The van der Waals surface area contributed by atoms with Crippen molar-refractivity contribution in [2.24, 2.45) is 5.11 Å². The van der Waals surface area contributed by atoms with Crippen molar-refractivity contribution in [1.29, 1.82) is 5.53 Å². The van der Waals surface area contributed by atoms with Crippen LogP contribution >= 0.6 is 0 Å². The average Bonchev–Trinajstić information content (AvgIpc) is 2.06. The molecule has 0 heterocycles. The molecule has 1 aromatic carbocycles. The van der Waals surface area contributed by atoms with Gasteiger partial charge in [-0.3, -0.25) is 10.1 Å². The summed E-state index contributed by atoms with van der Waals surface area (Å²) in [5.41, 5.74) is 6.83. The maximum atomic E-state index is 10.2. The number of benzene rings is 1. The third kappa shape index (κ3) is 1.71. The average molecular weight is 165 g/mol. The normalized spacial score (nSPS) is 8.67. The number of hydrogen-bond donors (Lipinski definition) is 1. The number of hydrogen-bond acceptors (Lipinski definition) is 4. The third-order valence-corrected chi connectivity index (χ3v) is 1.23. The van der Waals surface area contributed by atoms with Gasteiger partial charge in [0.15, 0.2) is 10.8 Å². The van der Waals surface area contributed by atoms with Gasteiger partial charge in [-0.1, -0.05) is 0 Å². The third-order valence-electron chi connectivity index (χ3n) is 1.23. The summed E-state index contributed by atoms with van der Waals surface area (Å²) in [4.78, 5) is 12.5. The van der Waals surface area contributed by atoms with Crippen LogP contribution in [0, 0.1) is 15.6 Å². The van der Waals surface area contributed by atoms with Gasteiger partial charge in [0.2, 0.25) is 4.91 Å². The molecule has 1 aromatic rings. The molecule has 1 N–H and O–H groups in total. The van der Waals surface area contributed by atoms with Crippen molar-refractivity contribution >= 4 is 11.4 Å². The Labute approximate surface area is 67.2 Å². The molecule has 0 saturated heterocycles. The Balaban J connectivity index is 3.00. The van der Waals surface area contributed by atoms with E-state index in [1.165, 1.54) is 24.3 Å². The smallest absolute Gasteiger partial charge is 0.258 e. The topological polar surface area (TPSA) is 93.5 Å². The van der Waals surface area contributed by atoms with E-state index in [4.69, 9.17) is 5.53 Å². The molecule has 0 atom stereocenters. The maximum Gasteiger partial charge on any atom is 0.269 e. The Morgan fingerprint density at radius 3 is 2.42 bits per heavy atom. The van der Waals surface area contributed by atoms with Gasteiger partial charge >= 0.3 is 0 Å². The molecule has 1 rings (SSSR count). The Kier molecular flexibility index (Phi) is 2.25. The lowest BCUT2D eigenvalue weighted by molar-refractivity contribution is -0.384. The summed E-state index contributed by atoms with van der Waals surface area (Å²) < 4.78 is 0. The second kappa shape index (κ2) is 3.36. The highest BCUT2D eigenvalue weighted by atomic mass is 16.6. The summed E-state index contributed by atoms with van der Waals surface area (Å²) >= 11 is 0. The van der Waals surface area contributed by atoms with Crippen LogP contribution in [0.1, 0.15) is 0 Å². The molecular weight excluding hydrogens is 160 g/mol. The molecule has 0 spiro atoms. The van der Waals surface area contributed by atoms with E-state index in [0.717, 1.165) is 0 Å². The zero-order valence-electron chi connectivity index (χ0n) is 5.97. The highest BCUT2D eigenvalue weighted by molar-refractivity contribution is 5.43. The Hall–Kier alpha value is -2.07. The maximum absolute atomic E-state index is 10.2. The zero-order valence-corrected chi connectivity index (χ0v) is 5.97. The van der Waals surface area contributed by atoms with E-state index in [1.54, 1.807) is 0 Å². The lowest BCUT2D eigenvalue weighted by atomic mass is 10.3. The summed E-state index contributed by atoms with van der Waals surface area (Å²) in [5, 5.41) is 13.6. The molecule has 0 aromatic heterocycles. The molecule has 6 heteroatoms. The first-order chi connectivity index (χ1) is 5.74. The van der Waals surface area contributed by atoms with E-state index in [0.29, 0.717) is 5.69 Å². The first-order valence-corrected chi connectivity index (χ1v) is 3.06. The molecule has 60 valence electrons. The highest BCUT2D eigenvalue weighted by Crippen LogP contribution is 2.16. The minimum atomic E-state index is -0.498. The fraction of sp³-hybridized carbons (Fsp3) is 0. The number of nitrogens with zero attached hydrogens (tertiary/aromatic N) is 3. The Morgan fingerprint density at radius 1 is 1.42 bits per heavy atom. The fourth-order valence-electron chi connectivity index (χ4n) is 0.699. The molecule has 6 nitrogen and oxygen atoms in total. The van der Waals surface area contributed by atoms with Gasteiger partial charge in [-0.05, 0) is 12.1 Å². The lowest BCUT2D eigenvalue weighted by Crippen LogP contribution is -1.85. The van der Waals surface area contributed by atoms with Gasteiger partial charge in [0.1, 0.15) is 5.53 Å². The van der Waals surface area contributed by atoms with Gasteiger partial charge < -0.3 is 0 Å². The van der Waals surface area contributed by atoms with Crippen molar-refractivity contribution in [3.63, 3.8) is 0 Å². The molecule has 0 aliphatic heterocycles. The molecule has 12 heavy (non-hydrogen) atoms. The molecule has 0 unspecified atom stereocenters. The number of nitrogens with one attached hydrogen (secondary N) is 1. The zero-order chi connectivity index (χ0) is 8.97. The highest BCUT2D eigenvalue weighted by Gasteiger charge is 2.04. The van der Waals surface area contributed by atoms with Crippen LogP contribution in [0.15, 0.2) is 29.4 Å². The van der Waals surface area contributed by atoms with Crippen molar-refractivity contribution in [2.45, 2.75) is 0 Å². The van der Waals surface area contributed by atoms with E-state index in [-0.39, 0.29) is 5.69 Å². The SMILES string of the molecule is N=[N+]=Nc1ccc([N+](=O)[O-])cc1. The van der Waals surface area contributed by atoms with Gasteiger partial charge in [0.05, 0.1) is 4.92 Å². The van der Waals surface area contributed by atoms with Crippen molar-refractivity contribution in [3.05, 3.63) is 34.4 Å². The van der Waals surface area contributed by atoms with E-state index < -0.39 is 4.92 Å². The molecule has 0 aliphatic carbocycles. The Morgan fingerprint density at radius 2 is 2.00 bits per heavy atom. The minimum Gasteiger partial charge on any atom is -0.258 e. The van der Waals surface area contributed by atoms with Crippen LogP contribution in [-0.4, -0.2) is 4.92 Å². The van der Waals surface area contributed by atoms with Crippen molar-refractivity contribution in [3.8, 4) is 0 Å². The Bertz CT molecular complexity index is 318. The van der Waals surface area contributed by atoms with Gasteiger partial charge in [-0.25, -0.2) is 0 Å². The molecule has 0 radical (unpaired) electrons. The van der Waals surface area contributed by atoms with E-state index in [9.17, 15) is 10.1 Å². The summed E-state index contributed by atoms with van der Waals surface area (Å²) in [6, 6.07) is 5.47. The van der Waals surface area contributed by atoms with Crippen molar-refractivity contribution in [2.75, 3.05) is 0 Å². The van der Waals surface area contributed by atoms with E-state index in [1.807, 2.05) is 0 Å². The second-order valence-corrected chi connectivity index (χ2v) is 1.97. The van der Waals surface area contributed by atoms with Crippen molar-refractivity contribution in [1.82, 2.24) is 4.91 Å². The monoisotopic (exact) mass is 165 g/mol. The summed E-state index contributed by atoms with van der Waals surface area (Å²) in [6.07, 6.45) is 0. The molecule has 0 aliphatic rings. The minimum absolute atomic E-state index is 0.000990. The van der Waals surface area contributed by atoms with Crippen LogP contribution in [0.2, 0.25) is 0 Å². The fourth-order valence-corrected chi connectivity index (χ4v) is 0.699. The van der Waals surface area contributed by atoms with Crippen LogP contribution < -0.4 is 4.91 Å². The van der Waals surface area contributed by atoms with Gasteiger partial charge in [0.25, 0.3) is 5.69 Å². The largest absolute Gasteiger partial charge is 0.269 e. The van der Waals surface area contributed by atoms with Gasteiger partial charge in [-0.15, -0.1) is 0 Å². The summed E-state index contributed by atoms with van der Waals surface area (Å²) in [7, 11) is 0. The predicted molar refractivity (Wildman–Crippen MR) is 40.0 cm³/mol.